The third kappa shape index (κ3) is 3.47. The third-order valence-electron chi connectivity index (χ3n) is 4.09. The maximum absolute atomic E-state index is 13.7. The smallest absolute Gasteiger partial charge is 0.323 e. The van der Waals surface area contributed by atoms with E-state index in [1.807, 2.05) is 34.5 Å². The number of rotatable bonds is 3. The van der Waals surface area contributed by atoms with Crippen molar-refractivity contribution in [2.45, 2.75) is 0 Å². The molecule has 4 rings (SSSR count). The molecule has 0 unspecified atom stereocenters. The molecule has 0 bridgehead atoms. The number of urea groups is 1. The summed E-state index contributed by atoms with van der Waals surface area (Å²) < 4.78 is 13.7. The summed E-state index contributed by atoms with van der Waals surface area (Å²) in [4.78, 5) is 18.6. The molecule has 0 radical (unpaired) electrons. The number of nitrogens with zero attached hydrogens (tertiary/aromatic N) is 2. The number of thiophene rings is 1. The lowest BCUT2D eigenvalue weighted by molar-refractivity contribution is 0.262. The molecular weight excluding hydrogens is 365 g/mol. The topological polar surface area (TPSA) is 82.8 Å². The third-order valence-corrected chi connectivity index (χ3v) is 5.02. The van der Waals surface area contributed by atoms with Gasteiger partial charge >= 0.3 is 6.03 Å². The van der Waals surface area contributed by atoms with Gasteiger partial charge in [0.1, 0.15) is 23.3 Å². The van der Waals surface area contributed by atoms with Gasteiger partial charge in [-0.05, 0) is 41.8 Å². The van der Waals surface area contributed by atoms with Crippen molar-refractivity contribution in [3.63, 3.8) is 0 Å². The second kappa shape index (κ2) is 7.08. The second-order valence-corrected chi connectivity index (χ2v) is 6.76. The molecule has 1 aliphatic rings. The van der Waals surface area contributed by atoms with Crippen molar-refractivity contribution in [2.24, 2.45) is 10.7 Å². The summed E-state index contributed by atoms with van der Waals surface area (Å²) in [7, 11) is 0. The van der Waals surface area contributed by atoms with E-state index in [1.165, 1.54) is 12.1 Å². The molecule has 0 fully saturated rings. The number of amides is 2. The molecule has 1 aliphatic heterocycles. The first-order chi connectivity index (χ1) is 13.1. The maximum atomic E-state index is 13.7. The molecule has 0 spiro atoms. The Morgan fingerprint density at radius 2 is 2.00 bits per heavy atom. The van der Waals surface area contributed by atoms with Crippen molar-refractivity contribution in [1.82, 2.24) is 0 Å². The van der Waals surface area contributed by atoms with Crippen molar-refractivity contribution < 1.29 is 9.18 Å². The predicted octanol–water partition coefficient (Wildman–Crippen LogP) is 4.35. The van der Waals surface area contributed by atoms with Crippen LogP contribution in [0.25, 0.3) is 0 Å². The molecule has 6 nitrogen and oxygen atoms in total. The van der Waals surface area contributed by atoms with Crippen LogP contribution in [-0.4, -0.2) is 18.5 Å². The monoisotopic (exact) mass is 381 g/mol. The zero-order chi connectivity index (χ0) is 18.8. The Morgan fingerprint density at radius 1 is 1.15 bits per heavy atom. The Labute approximate surface area is 159 Å². The molecule has 0 atom stereocenters. The summed E-state index contributed by atoms with van der Waals surface area (Å²) in [5.74, 6) is 0.0384. The van der Waals surface area contributed by atoms with Crippen LogP contribution in [0.15, 0.2) is 65.0 Å². The SMILES string of the molecule is NC1=NCN(c2cccc(NC(=O)Nc3ccccc3F)c2)c2sccc21. The van der Waals surface area contributed by atoms with Crippen LogP contribution < -0.4 is 21.3 Å². The van der Waals surface area contributed by atoms with Gasteiger partial charge in [-0.1, -0.05) is 18.2 Å². The predicted molar refractivity (Wildman–Crippen MR) is 108 cm³/mol. The van der Waals surface area contributed by atoms with Crippen LogP contribution in [0.2, 0.25) is 0 Å². The lowest BCUT2D eigenvalue weighted by atomic mass is 10.2. The quantitative estimate of drug-likeness (QED) is 0.631. The molecule has 2 heterocycles. The van der Waals surface area contributed by atoms with E-state index in [4.69, 9.17) is 5.73 Å². The number of carbonyl (C=O) groups excluding carboxylic acids is 1. The van der Waals surface area contributed by atoms with Crippen LogP contribution in [0.1, 0.15) is 5.56 Å². The summed E-state index contributed by atoms with van der Waals surface area (Å²) in [5.41, 5.74) is 8.43. The van der Waals surface area contributed by atoms with Gasteiger partial charge in [0.05, 0.1) is 11.3 Å². The van der Waals surface area contributed by atoms with E-state index in [0.29, 0.717) is 18.2 Å². The standard InChI is InChI=1S/C19H16FN5OS/c20-15-6-1-2-7-16(15)24-19(26)23-12-4-3-5-13(10-12)25-11-22-17(21)14-8-9-27-18(14)25/h1-10H,11H2,(H2,21,22)(H2,23,24,26). The van der Waals surface area contributed by atoms with Gasteiger partial charge in [-0.25, -0.2) is 14.2 Å². The Kier molecular flexibility index (Phi) is 4.47. The number of benzene rings is 2. The molecule has 2 aromatic carbocycles. The van der Waals surface area contributed by atoms with E-state index >= 15 is 0 Å². The Bertz CT molecular complexity index is 1030. The van der Waals surface area contributed by atoms with Gasteiger partial charge in [-0.3, -0.25) is 0 Å². The van der Waals surface area contributed by atoms with Crippen LogP contribution in [0.5, 0.6) is 0 Å². The van der Waals surface area contributed by atoms with Gasteiger partial charge in [-0.15, -0.1) is 11.3 Å². The largest absolute Gasteiger partial charge is 0.383 e. The number of para-hydroxylation sites is 1. The average molecular weight is 381 g/mol. The molecule has 4 N–H and O–H groups in total. The molecule has 0 aliphatic carbocycles. The normalized spacial score (nSPS) is 12.9. The highest BCUT2D eigenvalue weighted by molar-refractivity contribution is 7.14. The molecule has 0 saturated heterocycles. The van der Waals surface area contributed by atoms with E-state index in [2.05, 4.69) is 15.6 Å². The zero-order valence-electron chi connectivity index (χ0n) is 14.1. The van der Waals surface area contributed by atoms with E-state index < -0.39 is 11.8 Å². The van der Waals surface area contributed by atoms with Gasteiger partial charge in [0.25, 0.3) is 0 Å². The first kappa shape index (κ1) is 17.0. The van der Waals surface area contributed by atoms with Gasteiger partial charge in [-0.2, -0.15) is 0 Å². The molecule has 0 saturated carbocycles. The average Bonchev–Trinajstić information content (AvgIpc) is 3.15. The van der Waals surface area contributed by atoms with Crippen LogP contribution in [0, 0.1) is 5.82 Å². The van der Waals surface area contributed by atoms with E-state index in [9.17, 15) is 9.18 Å². The lowest BCUT2D eigenvalue weighted by Gasteiger charge is -2.26. The number of amidine groups is 1. The van der Waals surface area contributed by atoms with E-state index in [-0.39, 0.29) is 5.69 Å². The van der Waals surface area contributed by atoms with E-state index in [0.717, 1.165) is 16.3 Å². The molecular formula is C19H16FN5OS. The van der Waals surface area contributed by atoms with Gasteiger partial charge in [0.15, 0.2) is 0 Å². The number of aliphatic imine (C=N–C) groups is 1. The van der Waals surface area contributed by atoms with Crippen molar-refractivity contribution in [3.05, 3.63) is 71.4 Å². The van der Waals surface area contributed by atoms with Crippen molar-refractivity contribution in [2.75, 3.05) is 22.2 Å². The van der Waals surface area contributed by atoms with Crippen molar-refractivity contribution in [1.29, 1.82) is 0 Å². The fourth-order valence-corrected chi connectivity index (χ4v) is 3.72. The first-order valence-corrected chi connectivity index (χ1v) is 9.08. The maximum Gasteiger partial charge on any atom is 0.323 e. The number of anilines is 4. The number of nitrogens with one attached hydrogen (secondary N) is 2. The van der Waals surface area contributed by atoms with Crippen LogP contribution in [0.3, 0.4) is 0 Å². The Hall–Kier alpha value is -3.39. The van der Waals surface area contributed by atoms with Gasteiger partial charge < -0.3 is 21.3 Å². The minimum absolute atomic E-state index is 0.121. The van der Waals surface area contributed by atoms with Crippen LogP contribution in [0.4, 0.5) is 31.2 Å². The minimum atomic E-state index is -0.519. The Morgan fingerprint density at radius 3 is 2.85 bits per heavy atom. The fraction of sp³-hybridized carbons (Fsp3) is 0.0526. The summed E-state index contributed by atoms with van der Waals surface area (Å²) in [5, 5.41) is 8.20. The summed E-state index contributed by atoms with van der Waals surface area (Å²) in [6.07, 6.45) is 0. The number of hydrogen-bond donors (Lipinski definition) is 3. The van der Waals surface area contributed by atoms with E-state index in [1.54, 1.807) is 29.5 Å². The highest BCUT2D eigenvalue weighted by Crippen LogP contribution is 2.36. The first-order valence-electron chi connectivity index (χ1n) is 8.20. The Balaban J connectivity index is 1.52. The van der Waals surface area contributed by atoms with Gasteiger partial charge in [0.2, 0.25) is 0 Å². The minimum Gasteiger partial charge on any atom is -0.383 e. The molecule has 2 amide bonds. The number of fused-ring (bicyclic) bond motifs is 1. The number of nitrogens with two attached hydrogens (primary N) is 1. The molecule has 27 heavy (non-hydrogen) atoms. The summed E-state index contributed by atoms with van der Waals surface area (Å²) in [6, 6.07) is 14.8. The van der Waals surface area contributed by atoms with Gasteiger partial charge in [0, 0.05) is 11.4 Å². The molecule has 136 valence electrons. The summed E-state index contributed by atoms with van der Waals surface area (Å²) in [6.45, 7) is 0.407. The fourth-order valence-electron chi connectivity index (χ4n) is 2.80. The zero-order valence-corrected chi connectivity index (χ0v) is 15.0. The van der Waals surface area contributed by atoms with Crippen molar-refractivity contribution >= 4 is 45.3 Å². The highest BCUT2D eigenvalue weighted by atomic mass is 32.1. The summed E-state index contributed by atoms with van der Waals surface area (Å²) >= 11 is 1.58. The van der Waals surface area contributed by atoms with Crippen LogP contribution in [-0.2, 0) is 0 Å². The molecule has 1 aromatic heterocycles. The van der Waals surface area contributed by atoms with Crippen molar-refractivity contribution in [3.8, 4) is 0 Å². The number of halogens is 1. The number of hydrogen-bond acceptors (Lipinski definition) is 5. The number of carbonyl (C=O) groups is 1. The molecule has 8 heteroatoms. The highest BCUT2D eigenvalue weighted by Gasteiger charge is 2.21. The second-order valence-electron chi connectivity index (χ2n) is 5.86. The van der Waals surface area contributed by atoms with Crippen LogP contribution >= 0.6 is 11.3 Å². The lowest BCUT2D eigenvalue weighted by Crippen LogP contribution is -2.28. The molecule has 3 aromatic rings.